The van der Waals surface area contributed by atoms with E-state index in [4.69, 9.17) is 14.2 Å². The van der Waals surface area contributed by atoms with Gasteiger partial charge in [-0.25, -0.2) is 4.79 Å². The smallest absolute Gasteiger partial charge is 0.333 e. The van der Waals surface area contributed by atoms with Crippen LogP contribution >= 0.6 is 0 Å². The molecule has 2 rings (SSSR count). The second kappa shape index (κ2) is 8.45. The number of ketones is 1. The molecule has 142 valence electrons. The van der Waals surface area contributed by atoms with E-state index in [1.165, 1.54) is 0 Å². The topological polar surface area (TPSA) is 61.8 Å². The molecule has 0 aromatic rings. The van der Waals surface area contributed by atoms with Crippen molar-refractivity contribution in [3.63, 3.8) is 0 Å². The summed E-state index contributed by atoms with van der Waals surface area (Å²) in [6, 6.07) is 0. The van der Waals surface area contributed by atoms with Gasteiger partial charge in [-0.2, -0.15) is 0 Å². The van der Waals surface area contributed by atoms with Gasteiger partial charge in [0.05, 0.1) is 24.7 Å². The van der Waals surface area contributed by atoms with E-state index >= 15 is 0 Å². The maximum absolute atomic E-state index is 12.4. The summed E-state index contributed by atoms with van der Waals surface area (Å²) >= 11 is 0. The van der Waals surface area contributed by atoms with Crippen molar-refractivity contribution < 1.29 is 23.8 Å². The first-order valence-electron chi connectivity index (χ1n) is 9.74. The van der Waals surface area contributed by atoms with Crippen molar-refractivity contribution in [2.24, 2.45) is 11.8 Å². The Morgan fingerprint density at radius 1 is 1.08 bits per heavy atom. The van der Waals surface area contributed by atoms with Crippen LogP contribution in [0.25, 0.3) is 0 Å². The molecule has 0 amide bonds. The maximum Gasteiger partial charge on any atom is 0.333 e. The van der Waals surface area contributed by atoms with Crippen LogP contribution in [0.3, 0.4) is 0 Å². The van der Waals surface area contributed by atoms with E-state index in [2.05, 4.69) is 27.7 Å². The minimum absolute atomic E-state index is 0.0128. The van der Waals surface area contributed by atoms with Gasteiger partial charge in [0.1, 0.15) is 5.78 Å². The number of hydrogen-bond acceptors (Lipinski definition) is 5. The summed E-state index contributed by atoms with van der Waals surface area (Å²) in [4.78, 5) is 24.7. The van der Waals surface area contributed by atoms with Crippen molar-refractivity contribution in [2.45, 2.75) is 84.7 Å². The fourth-order valence-electron chi connectivity index (χ4n) is 3.66. The first-order valence-corrected chi connectivity index (χ1v) is 9.74. The molecule has 0 N–H and O–H groups in total. The van der Waals surface area contributed by atoms with Crippen LogP contribution in [0.2, 0.25) is 0 Å². The monoisotopic (exact) mass is 352 g/mol. The molecule has 25 heavy (non-hydrogen) atoms. The fraction of sp³-hybridized carbons (Fsp3) is 0.800. The number of Topliss-reactive ketones (excluding diaryl/α,β-unsaturated/α-hetero) is 1. The Morgan fingerprint density at radius 3 is 2.04 bits per heavy atom. The van der Waals surface area contributed by atoms with E-state index < -0.39 is 5.79 Å². The van der Waals surface area contributed by atoms with E-state index in [9.17, 15) is 9.59 Å². The molecule has 0 spiro atoms. The highest BCUT2D eigenvalue weighted by Gasteiger charge is 2.66. The largest absolute Gasteiger partial charge is 0.463 e. The van der Waals surface area contributed by atoms with Gasteiger partial charge in [0, 0.05) is 11.5 Å². The molecule has 0 radical (unpaired) electrons. The zero-order valence-corrected chi connectivity index (χ0v) is 16.2. The molecule has 2 atom stereocenters. The normalized spacial score (nSPS) is 24.3. The van der Waals surface area contributed by atoms with E-state index in [0.29, 0.717) is 18.6 Å². The molecule has 1 saturated carbocycles. The number of carbonyl (C=O) groups is 2. The molecule has 2 unspecified atom stereocenters. The van der Waals surface area contributed by atoms with Crippen LogP contribution in [-0.2, 0) is 23.8 Å². The van der Waals surface area contributed by atoms with E-state index in [1.54, 1.807) is 13.0 Å². The highest BCUT2D eigenvalue weighted by Crippen LogP contribution is 2.54. The third-order valence-electron chi connectivity index (χ3n) is 5.27. The number of carbonyl (C=O) groups excluding carboxylic acids is 2. The maximum atomic E-state index is 12.4. The van der Waals surface area contributed by atoms with Crippen LogP contribution in [0, 0.1) is 11.8 Å². The third kappa shape index (κ3) is 4.14. The van der Waals surface area contributed by atoms with Crippen LogP contribution in [-0.4, -0.2) is 36.4 Å². The summed E-state index contributed by atoms with van der Waals surface area (Å²) in [7, 11) is 0. The highest BCUT2D eigenvalue weighted by atomic mass is 16.7. The number of rotatable bonds is 10. The Hall–Kier alpha value is -1.20. The van der Waals surface area contributed by atoms with Gasteiger partial charge in [-0.05, 0) is 45.1 Å². The highest BCUT2D eigenvalue weighted by molar-refractivity contribution is 6.04. The Bertz CT molecular complexity index is 502. The lowest BCUT2D eigenvalue weighted by Crippen LogP contribution is -2.45. The first-order chi connectivity index (χ1) is 12.0. The standard InChI is InChI=1S/C20H32O5/c1-6-14(7-2)24-20(25-15(8-3)9-4)12-13(19(22)23-10-5)11-16-17(20)18(16)21/h12,14-17H,6-11H2,1-5H3. The average molecular weight is 352 g/mol. The van der Waals surface area contributed by atoms with Gasteiger partial charge in [-0.3, -0.25) is 4.79 Å². The summed E-state index contributed by atoms with van der Waals surface area (Å²) in [5.74, 6) is -1.85. The Morgan fingerprint density at radius 2 is 1.60 bits per heavy atom. The van der Waals surface area contributed by atoms with Crippen LogP contribution < -0.4 is 0 Å². The summed E-state index contributed by atoms with van der Waals surface area (Å²) in [6.45, 7) is 10.3. The van der Waals surface area contributed by atoms with E-state index in [0.717, 1.165) is 25.7 Å². The first kappa shape index (κ1) is 20.1. The quantitative estimate of drug-likeness (QED) is 0.442. The van der Waals surface area contributed by atoms with Gasteiger partial charge in [-0.15, -0.1) is 0 Å². The van der Waals surface area contributed by atoms with E-state index in [1.807, 2.05) is 0 Å². The zero-order chi connectivity index (χ0) is 18.6. The van der Waals surface area contributed by atoms with E-state index in [-0.39, 0.29) is 35.8 Å². The van der Waals surface area contributed by atoms with Gasteiger partial charge < -0.3 is 14.2 Å². The Kier molecular flexibility index (Phi) is 6.80. The molecule has 0 aromatic carbocycles. The van der Waals surface area contributed by atoms with Crippen molar-refractivity contribution in [1.82, 2.24) is 0 Å². The van der Waals surface area contributed by atoms with Crippen molar-refractivity contribution >= 4 is 11.8 Å². The predicted octanol–water partition coefficient (Wildman–Crippen LogP) is 3.80. The van der Waals surface area contributed by atoms with Crippen molar-refractivity contribution in [2.75, 3.05) is 6.61 Å². The Balaban J connectivity index is 2.39. The van der Waals surface area contributed by atoms with Gasteiger partial charge in [-0.1, -0.05) is 27.7 Å². The second-order valence-corrected chi connectivity index (χ2v) is 6.91. The van der Waals surface area contributed by atoms with Gasteiger partial charge in [0.15, 0.2) is 5.79 Å². The van der Waals surface area contributed by atoms with Crippen molar-refractivity contribution in [3.8, 4) is 0 Å². The lowest BCUT2D eigenvalue weighted by atomic mass is 9.93. The molecular formula is C20H32O5. The Labute approximate surface area is 151 Å². The lowest BCUT2D eigenvalue weighted by molar-refractivity contribution is -0.265. The minimum Gasteiger partial charge on any atom is -0.463 e. The molecule has 0 heterocycles. The molecular weight excluding hydrogens is 320 g/mol. The molecule has 5 nitrogen and oxygen atoms in total. The summed E-state index contributed by atoms with van der Waals surface area (Å²) < 4.78 is 17.9. The average Bonchev–Trinajstić information content (AvgIpc) is 3.29. The van der Waals surface area contributed by atoms with Crippen LogP contribution in [0.1, 0.15) is 66.7 Å². The second-order valence-electron chi connectivity index (χ2n) is 6.91. The fourth-order valence-corrected chi connectivity index (χ4v) is 3.66. The molecule has 0 aromatic heterocycles. The van der Waals surface area contributed by atoms with Gasteiger partial charge >= 0.3 is 5.97 Å². The lowest BCUT2D eigenvalue weighted by Gasteiger charge is -2.39. The summed E-state index contributed by atoms with van der Waals surface area (Å²) in [5.41, 5.74) is 0.505. The van der Waals surface area contributed by atoms with Crippen LogP contribution in [0.4, 0.5) is 0 Å². The number of fused-ring (bicyclic) bond motifs is 1. The minimum atomic E-state index is -1.13. The van der Waals surface area contributed by atoms with Crippen molar-refractivity contribution in [1.29, 1.82) is 0 Å². The van der Waals surface area contributed by atoms with Crippen molar-refractivity contribution in [3.05, 3.63) is 11.6 Å². The molecule has 1 fully saturated rings. The SMILES string of the molecule is CCOC(=O)C1=CC(OC(CC)CC)(OC(CC)CC)C2C(=O)C2C1. The molecule has 5 heteroatoms. The van der Waals surface area contributed by atoms with Gasteiger partial charge in [0.2, 0.25) is 0 Å². The number of hydrogen-bond donors (Lipinski definition) is 0. The molecule has 0 bridgehead atoms. The van der Waals surface area contributed by atoms with Crippen LogP contribution in [0.15, 0.2) is 11.6 Å². The summed E-state index contributed by atoms with van der Waals surface area (Å²) in [5, 5.41) is 0. The molecule has 2 aliphatic rings. The zero-order valence-electron chi connectivity index (χ0n) is 16.2. The molecule has 2 aliphatic carbocycles. The number of esters is 1. The predicted molar refractivity (Wildman–Crippen MR) is 95.0 cm³/mol. The van der Waals surface area contributed by atoms with Gasteiger partial charge in [0.25, 0.3) is 0 Å². The summed E-state index contributed by atoms with van der Waals surface area (Å²) in [6.07, 6.45) is 5.48. The van der Waals surface area contributed by atoms with Crippen LogP contribution in [0.5, 0.6) is 0 Å². The molecule has 0 saturated heterocycles. The third-order valence-corrected chi connectivity index (χ3v) is 5.27. The molecule has 0 aliphatic heterocycles. The number of ether oxygens (including phenoxy) is 3.